The molecule has 6 rings (SSSR count). The number of ether oxygens (including phenoxy) is 3. The molecule has 23 nitrogen and oxygen atoms in total. The van der Waals surface area contributed by atoms with Gasteiger partial charge in [0.05, 0.1) is 35.6 Å². The Labute approximate surface area is 500 Å². The van der Waals surface area contributed by atoms with Gasteiger partial charge in [-0.1, -0.05) is 60.6 Å². The second kappa shape index (κ2) is 41.1. The number of anilines is 1. The van der Waals surface area contributed by atoms with E-state index in [0.717, 1.165) is 53.9 Å². The number of carbonyl (C=O) groups excluding carboxylic acids is 7. The summed E-state index contributed by atoms with van der Waals surface area (Å²) in [7, 11) is 11.3. The fraction of sp³-hybridized carbons (Fsp3) is 0.550. The van der Waals surface area contributed by atoms with Crippen LogP contribution in [0.15, 0.2) is 58.5 Å². The molecule has 7 N–H and O–H groups in total. The number of methoxy groups -OCH3 is 1. The number of likely N-dealkylation sites (N-methyl/N-ethyl adjacent to an activating group) is 2. The highest BCUT2D eigenvalue weighted by atomic mass is 32.2. The van der Waals surface area contributed by atoms with Crippen LogP contribution in [-0.4, -0.2) is 154 Å². The number of aliphatic hydroxyl groups is 1. The Balaban J connectivity index is 0.00000128. The van der Waals surface area contributed by atoms with Crippen LogP contribution in [0.3, 0.4) is 0 Å². The van der Waals surface area contributed by atoms with Crippen molar-refractivity contribution in [1.29, 1.82) is 0 Å². The number of nitrogens with two attached hydrogens (primary N) is 1. The van der Waals surface area contributed by atoms with Crippen LogP contribution >= 0.6 is 11.8 Å². The summed E-state index contributed by atoms with van der Waals surface area (Å²) in [5, 5.41) is 26.4. The van der Waals surface area contributed by atoms with E-state index in [-0.39, 0.29) is 80.9 Å². The molecule has 3 atom stereocenters. The molecule has 0 saturated carbocycles. The van der Waals surface area contributed by atoms with Crippen molar-refractivity contribution in [1.82, 2.24) is 35.3 Å². The van der Waals surface area contributed by atoms with E-state index in [1.54, 1.807) is 86.0 Å². The fourth-order valence-corrected chi connectivity index (χ4v) is 9.64. The number of esters is 1. The number of nitroso groups, excluding NO2 is 1. The smallest absolute Gasteiger partial charge is 0.343 e. The number of cyclic esters (lactones) is 1. The first-order chi connectivity index (χ1) is 40.1. The van der Waals surface area contributed by atoms with Crippen molar-refractivity contribution in [2.75, 3.05) is 86.2 Å². The van der Waals surface area contributed by atoms with E-state index in [1.807, 2.05) is 41.8 Å². The maximum Gasteiger partial charge on any atom is 0.343 e. The molecule has 0 saturated heterocycles. The largest absolute Gasteiger partial charge is 0.463 e. The second-order valence-corrected chi connectivity index (χ2v) is 21.7. The second-order valence-electron chi connectivity index (χ2n) is 20.2. The molecule has 2 aliphatic rings. The Morgan fingerprint density at radius 2 is 1.62 bits per heavy atom. The first-order valence-corrected chi connectivity index (χ1v) is 29.2. The number of thioether (sulfide) groups is 1. The number of nitrogens with one attached hydrogen (secondary N) is 4. The molecule has 0 bridgehead atoms. The van der Waals surface area contributed by atoms with Crippen molar-refractivity contribution in [2.24, 2.45) is 22.7 Å². The van der Waals surface area contributed by atoms with Crippen LogP contribution in [0.25, 0.3) is 22.3 Å². The van der Waals surface area contributed by atoms with Gasteiger partial charge >= 0.3 is 5.97 Å². The normalized spacial score (nSPS) is 13.9. The Hall–Kier alpha value is -6.96. The summed E-state index contributed by atoms with van der Waals surface area (Å²) in [5.41, 5.74) is 8.12. The highest BCUT2D eigenvalue weighted by Crippen LogP contribution is 2.41. The minimum atomic E-state index is -1.85. The molecule has 84 heavy (non-hydrogen) atoms. The van der Waals surface area contributed by atoms with Crippen molar-refractivity contribution in [3.63, 3.8) is 0 Å². The number of nitrogens with zero attached hydrogens (tertiary/aromatic N) is 5. The van der Waals surface area contributed by atoms with Crippen molar-refractivity contribution >= 4 is 77.0 Å². The molecular formula is C60H94N10O13S. The van der Waals surface area contributed by atoms with E-state index < -0.39 is 11.6 Å². The molecule has 0 fully saturated rings. The molecule has 2 aromatic heterocycles. The summed E-state index contributed by atoms with van der Waals surface area (Å²) >= 11 is 1.72. The third-order valence-corrected chi connectivity index (χ3v) is 14.5. The lowest BCUT2D eigenvalue weighted by Crippen LogP contribution is -2.44. The Kier molecular flexibility index (Phi) is 36.7. The zero-order valence-corrected chi connectivity index (χ0v) is 52.3. The van der Waals surface area contributed by atoms with Crippen molar-refractivity contribution in [3.8, 4) is 11.4 Å². The number of hydrogen-bond acceptors (Lipinski definition) is 19. The van der Waals surface area contributed by atoms with E-state index in [1.165, 1.54) is 11.3 Å². The summed E-state index contributed by atoms with van der Waals surface area (Å²) in [6.45, 7) is 17.9. The predicted octanol–water partition coefficient (Wildman–Crippen LogP) is 6.41. The number of carbonyl (C=O) groups is 7. The maximum atomic E-state index is 13.3. The lowest BCUT2D eigenvalue weighted by atomic mass is 9.86. The number of benzene rings is 2. The summed E-state index contributed by atoms with van der Waals surface area (Å²) in [4.78, 5) is 112. The number of imide groups is 1. The average Bonchev–Trinajstić information content (AvgIpc) is 1.98. The Morgan fingerprint density at radius 1 is 0.964 bits per heavy atom. The minimum Gasteiger partial charge on any atom is -0.463 e. The number of rotatable bonds is 26. The molecule has 0 aliphatic carbocycles. The Bertz CT molecular complexity index is 2770. The van der Waals surface area contributed by atoms with E-state index in [2.05, 4.69) is 74.5 Å². The highest BCUT2D eigenvalue weighted by Gasteiger charge is 2.45. The quantitative estimate of drug-likeness (QED) is 0.0198. The van der Waals surface area contributed by atoms with E-state index in [9.17, 15) is 43.6 Å². The molecule has 468 valence electrons. The molecule has 2 aliphatic heterocycles. The van der Waals surface area contributed by atoms with Crippen LogP contribution < -0.4 is 32.6 Å². The first-order valence-electron chi connectivity index (χ1n) is 28.2. The van der Waals surface area contributed by atoms with Gasteiger partial charge in [-0.05, 0) is 138 Å². The highest BCUT2D eigenvalue weighted by molar-refractivity contribution is 7.99. The van der Waals surface area contributed by atoms with Gasteiger partial charge in [0.2, 0.25) is 30.5 Å². The molecule has 0 radical (unpaired) electrons. The monoisotopic (exact) mass is 1190 g/mol. The zero-order chi connectivity index (χ0) is 63.4. The Morgan fingerprint density at radius 3 is 2.13 bits per heavy atom. The van der Waals surface area contributed by atoms with Gasteiger partial charge in [0.1, 0.15) is 18.9 Å². The van der Waals surface area contributed by atoms with Gasteiger partial charge in [-0.25, -0.2) is 9.78 Å². The zero-order valence-electron chi connectivity index (χ0n) is 51.5. The topological polar surface area (TPSA) is 312 Å². The van der Waals surface area contributed by atoms with Crippen LogP contribution in [0.2, 0.25) is 0 Å². The predicted molar refractivity (Wildman–Crippen MR) is 332 cm³/mol. The minimum absolute atomic E-state index is 0. The molecule has 24 heteroatoms. The summed E-state index contributed by atoms with van der Waals surface area (Å²) in [6.07, 6.45) is 5.17. The molecule has 5 amide bonds. The molecule has 4 aromatic rings. The first kappa shape index (κ1) is 75.1. The number of amides is 5. The van der Waals surface area contributed by atoms with Crippen molar-refractivity contribution in [2.45, 2.75) is 124 Å². The SMILES string of the molecule is CCCNC.CCCSC(C)CC(=O)N(C=O)CCCC(C(=O)NCC(=O)Nc1ccc(COC=O)cc1)C(C)C.CCc1c2c(nc3ccc(N=O)cc13)-c1cc3c(c(=O)n1C2)COC(=O)C3(O)CC.CNCCN(C)C.COC.NC=O.[HH]. The summed E-state index contributed by atoms with van der Waals surface area (Å²) < 4.78 is 15.6. The van der Waals surface area contributed by atoms with Gasteiger partial charge in [0.15, 0.2) is 5.60 Å². The number of aryl methyl sites for hydroxylation is 1. The van der Waals surface area contributed by atoms with Crippen LogP contribution in [0.4, 0.5) is 11.4 Å². The molecule has 3 unspecified atom stereocenters. The van der Waals surface area contributed by atoms with Crippen molar-refractivity contribution < 1.29 is 54.3 Å². The maximum absolute atomic E-state index is 13.3. The number of pyridine rings is 2. The lowest BCUT2D eigenvalue weighted by molar-refractivity contribution is -0.172. The third-order valence-electron chi connectivity index (χ3n) is 13.1. The van der Waals surface area contributed by atoms with Crippen LogP contribution in [0.1, 0.15) is 116 Å². The third kappa shape index (κ3) is 24.0. The van der Waals surface area contributed by atoms with E-state index >= 15 is 0 Å². The number of primary amides is 1. The summed E-state index contributed by atoms with van der Waals surface area (Å²) in [6, 6.07) is 13.6. The molecular weight excluding hydrogens is 1100 g/mol. The van der Waals surface area contributed by atoms with Crippen LogP contribution in [0, 0.1) is 16.7 Å². The van der Waals surface area contributed by atoms with Gasteiger partial charge in [-0.2, -0.15) is 11.8 Å². The van der Waals surface area contributed by atoms with Crippen LogP contribution in [-0.2, 0) is 79.6 Å². The van der Waals surface area contributed by atoms with E-state index in [4.69, 9.17) is 14.5 Å². The fourth-order valence-electron chi connectivity index (χ4n) is 8.74. The van der Waals surface area contributed by atoms with Gasteiger partial charge < -0.3 is 55.8 Å². The van der Waals surface area contributed by atoms with Gasteiger partial charge in [0, 0.05) is 75.1 Å². The molecule has 0 spiro atoms. The van der Waals surface area contributed by atoms with Gasteiger partial charge in [-0.3, -0.25) is 38.5 Å². The lowest BCUT2D eigenvalue weighted by Gasteiger charge is -2.31. The number of hydrogen-bond donors (Lipinski definition) is 6. The van der Waals surface area contributed by atoms with Crippen LogP contribution in [0.5, 0.6) is 0 Å². The average molecular weight is 1200 g/mol. The van der Waals surface area contributed by atoms with Gasteiger partial charge in [0.25, 0.3) is 12.0 Å². The number of fused-ring (bicyclic) bond motifs is 5. The standard InChI is InChI=1S/C26H39N3O6S.C22H19N3O5.C5H14N2.C4H11N.C2H6O.CH3NO.H2/c1-5-13-36-20(4)14-25(33)29(17-30)12-6-7-23(19(2)3)26(34)27-15-24(32)28-22-10-8-21(9-11-22)16-35-18-31;1-3-12-13-7-11(24-29)5-6-17(13)23-19-14(12)9-25-18(19)8-16-15(20(25)26)10-30-21(27)22(16,28)4-2;1-6-4-5-7(2)3;1-3-4-5-2;1-3-2;2-1-3;/h8-11,17-20,23H,5-7,12-16H2,1-4H3,(H,27,34)(H,28,32);5-8,28H,3-4,9-10H2,1-2H3;6H,4-5H2,1-3H3;5H,3-4H2,1-2H3;1-2H3;1H,(H2,2,3);1H. The van der Waals surface area contributed by atoms with Crippen molar-refractivity contribution in [3.05, 3.63) is 91.6 Å². The number of aromatic nitrogens is 2. The van der Waals surface area contributed by atoms with E-state index in [0.29, 0.717) is 84.5 Å². The molecule has 2 aromatic carbocycles. The van der Waals surface area contributed by atoms with Gasteiger partial charge in [-0.15, -0.1) is 4.91 Å². The molecule has 4 heterocycles. The summed E-state index contributed by atoms with van der Waals surface area (Å²) in [5.74, 6) is -0.895.